The van der Waals surface area contributed by atoms with Crippen LogP contribution in [0.5, 0.6) is 0 Å². The van der Waals surface area contributed by atoms with Gasteiger partial charge in [0.2, 0.25) is 11.8 Å². The minimum absolute atomic E-state index is 0.0236. The number of nitrogens with one attached hydrogen (secondary N) is 1. The Bertz CT molecular complexity index is 339. The van der Waals surface area contributed by atoms with Crippen molar-refractivity contribution in [2.24, 2.45) is 17.1 Å². The lowest BCUT2D eigenvalue weighted by Crippen LogP contribution is -2.36. The number of carbonyl (C=O) groups is 2. The standard InChI is InChI=1S/C15H28N2O2S/c1-15(2,3)11-5-4-6-12(8-7-11)17-14(19)10-20-9-13(16)18/h11-12H,4-10H2,1-3H3,(H2,16,18)(H,17,19)/t11-,12-/m0/s1. The van der Waals surface area contributed by atoms with E-state index in [1.54, 1.807) is 0 Å². The second-order valence-corrected chi connectivity index (χ2v) is 7.78. The monoisotopic (exact) mass is 300 g/mol. The molecular formula is C15H28N2O2S. The zero-order chi connectivity index (χ0) is 15.2. The minimum Gasteiger partial charge on any atom is -0.369 e. The number of thioether (sulfide) groups is 1. The predicted molar refractivity (Wildman–Crippen MR) is 84.5 cm³/mol. The highest BCUT2D eigenvalue weighted by Crippen LogP contribution is 2.36. The van der Waals surface area contributed by atoms with Crippen molar-refractivity contribution in [3.63, 3.8) is 0 Å². The molecule has 0 aliphatic heterocycles. The highest BCUT2D eigenvalue weighted by Gasteiger charge is 2.28. The fourth-order valence-electron chi connectivity index (χ4n) is 2.83. The quantitative estimate of drug-likeness (QED) is 0.765. The van der Waals surface area contributed by atoms with E-state index in [0.29, 0.717) is 17.2 Å². The lowest BCUT2D eigenvalue weighted by molar-refractivity contribution is -0.119. The van der Waals surface area contributed by atoms with Gasteiger partial charge in [-0.15, -0.1) is 11.8 Å². The van der Waals surface area contributed by atoms with Crippen LogP contribution in [0.3, 0.4) is 0 Å². The summed E-state index contributed by atoms with van der Waals surface area (Å²) < 4.78 is 0. The molecule has 4 nitrogen and oxygen atoms in total. The Morgan fingerprint density at radius 3 is 2.45 bits per heavy atom. The van der Waals surface area contributed by atoms with Crippen LogP contribution >= 0.6 is 11.8 Å². The Hall–Kier alpha value is -0.710. The highest BCUT2D eigenvalue weighted by atomic mass is 32.2. The summed E-state index contributed by atoms with van der Waals surface area (Å²) in [6, 6.07) is 0.295. The van der Waals surface area contributed by atoms with Crippen molar-refractivity contribution in [2.75, 3.05) is 11.5 Å². The zero-order valence-electron chi connectivity index (χ0n) is 12.9. The Morgan fingerprint density at radius 1 is 1.15 bits per heavy atom. The van der Waals surface area contributed by atoms with Gasteiger partial charge in [0.25, 0.3) is 0 Å². The van der Waals surface area contributed by atoms with Gasteiger partial charge in [0, 0.05) is 6.04 Å². The first kappa shape index (κ1) is 17.3. The number of primary amides is 1. The van der Waals surface area contributed by atoms with E-state index in [4.69, 9.17) is 5.73 Å². The van der Waals surface area contributed by atoms with Gasteiger partial charge in [0.05, 0.1) is 11.5 Å². The third-order valence-electron chi connectivity index (χ3n) is 4.04. The third-order valence-corrected chi connectivity index (χ3v) is 4.99. The largest absolute Gasteiger partial charge is 0.369 e. The summed E-state index contributed by atoms with van der Waals surface area (Å²) >= 11 is 1.28. The van der Waals surface area contributed by atoms with Gasteiger partial charge in [-0.25, -0.2) is 0 Å². The molecule has 0 radical (unpaired) electrons. The van der Waals surface area contributed by atoms with Crippen molar-refractivity contribution < 1.29 is 9.59 Å². The van der Waals surface area contributed by atoms with Crippen molar-refractivity contribution in [3.8, 4) is 0 Å². The summed E-state index contributed by atoms with van der Waals surface area (Å²) in [4.78, 5) is 22.4. The molecule has 0 aromatic rings. The fraction of sp³-hybridized carbons (Fsp3) is 0.867. The first-order valence-electron chi connectivity index (χ1n) is 7.44. The van der Waals surface area contributed by atoms with E-state index in [0.717, 1.165) is 18.8 Å². The van der Waals surface area contributed by atoms with E-state index in [2.05, 4.69) is 26.1 Å². The van der Waals surface area contributed by atoms with Gasteiger partial charge < -0.3 is 11.1 Å². The van der Waals surface area contributed by atoms with Crippen LogP contribution in [-0.4, -0.2) is 29.4 Å². The Kier molecular flexibility index (Phi) is 6.86. The summed E-state index contributed by atoms with van der Waals surface area (Å²) in [5, 5.41) is 3.09. The molecule has 0 saturated heterocycles. The maximum Gasteiger partial charge on any atom is 0.230 e. The molecule has 2 atom stereocenters. The predicted octanol–water partition coefficient (Wildman–Crippen LogP) is 2.32. The molecular weight excluding hydrogens is 272 g/mol. The summed E-state index contributed by atoms with van der Waals surface area (Å²) in [6.07, 6.45) is 5.75. The molecule has 1 aliphatic carbocycles. The Labute approximate surface area is 126 Å². The average molecular weight is 300 g/mol. The number of hydrogen-bond donors (Lipinski definition) is 2. The van der Waals surface area contributed by atoms with Crippen LogP contribution in [-0.2, 0) is 9.59 Å². The van der Waals surface area contributed by atoms with Crippen molar-refractivity contribution in [1.29, 1.82) is 0 Å². The first-order valence-corrected chi connectivity index (χ1v) is 8.60. The average Bonchev–Trinajstić information content (AvgIpc) is 2.53. The maximum atomic E-state index is 11.8. The van der Waals surface area contributed by atoms with Crippen molar-refractivity contribution in [2.45, 2.75) is 58.9 Å². The van der Waals surface area contributed by atoms with Crippen LogP contribution in [0.1, 0.15) is 52.9 Å². The summed E-state index contributed by atoms with van der Waals surface area (Å²) in [5.41, 5.74) is 5.41. The third kappa shape index (κ3) is 6.64. The normalized spacial score (nSPS) is 23.9. The van der Waals surface area contributed by atoms with E-state index in [1.807, 2.05) is 0 Å². The molecule has 0 heterocycles. The molecule has 1 saturated carbocycles. The lowest BCUT2D eigenvalue weighted by Gasteiger charge is -2.29. The molecule has 1 fully saturated rings. The van der Waals surface area contributed by atoms with E-state index in [-0.39, 0.29) is 17.6 Å². The molecule has 3 N–H and O–H groups in total. The van der Waals surface area contributed by atoms with Crippen LogP contribution in [0.15, 0.2) is 0 Å². The van der Waals surface area contributed by atoms with Crippen LogP contribution in [0, 0.1) is 11.3 Å². The second-order valence-electron chi connectivity index (χ2n) is 6.79. The Balaban J connectivity index is 2.31. The number of amides is 2. The van der Waals surface area contributed by atoms with Gasteiger partial charge in [-0.3, -0.25) is 9.59 Å². The Morgan fingerprint density at radius 2 is 1.85 bits per heavy atom. The maximum absolute atomic E-state index is 11.8. The van der Waals surface area contributed by atoms with Crippen LogP contribution < -0.4 is 11.1 Å². The molecule has 1 rings (SSSR count). The smallest absolute Gasteiger partial charge is 0.230 e. The molecule has 0 aromatic carbocycles. The molecule has 0 aromatic heterocycles. The number of nitrogens with two attached hydrogens (primary N) is 1. The van der Waals surface area contributed by atoms with Gasteiger partial charge in [0.1, 0.15) is 0 Å². The highest BCUT2D eigenvalue weighted by molar-refractivity contribution is 8.00. The fourth-order valence-corrected chi connectivity index (χ4v) is 3.40. The number of carbonyl (C=O) groups excluding carboxylic acids is 2. The topological polar surface area (TPSA) is 72.2 Å². The van der Waals surface area contributed by atoms with E-state index >= 15 is 0 Å². The molecule has 20 heavy (non-hydrogen) atoms. The van der Waals surface area contributed by atoms with Crippen LogP contribution in [0.4, 0.5) is 0 Å². The summed E-state index contributed by atoms with van der Waals surface area (Å²) in [5.74, 6) is 0.932. The molecule has 0 spiro atoms. The van der Waals surface area contributed by atoms with E-state index < -0.39 is 0 Å². The van der Waals surface area contributed by atoms with Gasteiger partial charge >= 0.3 is 0 Å². The molecule has 1 aliphatic rings. The van der Waals surface area contributed by atoms with Crippen LogP contribution in [0.2, 0.25) is 0 Å². The minimum atomic E-state index is -0.370. The molecule has 116 valence electrons. The summed E-state index contributed by atoms with van der Waals surface area (Å²) in [6.45, 7) is 6.91. The molecule has 5 heteroatoms. The molecule has 0 bridgehead atoms. The van der Waals surface area contributed by atoms with E-state index in [1.165, 1.54) is 31.0 Å². The SMILES string of the molecule is CC(C)(C)[C@H]1CCC[C@H](NC(=O)CSCC(N)=O)CC1. The van der Waals surface area contributed by atoms with Crippen molar-refractivity contribution in [3.05, 3.63) is 0 Å². The van der Waals surface area contributed by atoms with Crippen molar-refractivity contribution in [1.82, 2.24) is 5.32 Å². The van der Waals surface area contributed by atoms with E-state index in [9.17, 15) is 9.59 Å². The van der Waals surface area contributed by atoms with Gasteiger partial charge in [0.15, 0.2) is 0 Å². The van der Waals surface area contributed by atoms with Gasteiger partial charge in [-0.05, 0) is 37.0 Å². The van der Waals surface area contributed by atoms with Crippen LogP contribution in [0.25, 0.3) is 0 Å². The molecule has 0 unspecified atom stereocenters. The number of rotatable bonds is 5. The zero-order valence-corrected chi connectivity index (χ0v) is 13.7. The van der Waals surface area contributed by atoms with Gasteiger partial charge in [-0.2, -0.15) is 0 Å². The van der Waals surface area contributed by atoms with Gasteiger partial charge in [-0.1, -0.05) is 27.2 Å². The lowest BCUT2D eigenvalue weighted by atomic mass is 9.76. The first-order chi connectivity index (χ1) is 9.29. The summed E-state index contributed by atoms with van der Waals surface area (Å²) in [7, 11) is 0. The number of hydrogen-bond acceptors (Lipinski definition) is 3. The second kappa shape index (κ2) is 7.91. The van der Waals surface area contributed by atoms with Crippen molar-refractivity contribution >= 4 is 23.6 Å². The molecule has 2 amide bonds.